The number of esters is 1. The summed E-state index contributed by atoms with van der Waals surface area (Å²) in [5.41, 5.74) is 1.87. The largest absolute Gasteiger partial charge is 0.468 e. The zero-order chi connectivity index (χ0) is 13.0. The Morgan fingerprint density at radius 2 is 2.22 bits per heavy atom. The molecule has 1 aromatic carbocycles. The van der Waals surface area contributed by atoms with Crippen LogP contribution in [0.5, 0.6) is 0 Å². The van der Waals surface area contributed by atoms with Crippen LogP contribution in [0.25, 0.3) is 0 Å². The van der Waals surface area contributed by atoms with E-state index in [1.165, 1.54) is 7.11 Å². The number of carbonyl (C=O) groups is 1. The van der Waals surface area contributed by atoms with Crippen molar-refractivity contribution in [1.82, 2.24) is 0 Å². The molecule has 0 radical (unpaired) electrons. The van der Waals surface area contributed by atoms with Crippen LogP contribution in [-0.2, 0) is 20.8 Å². The molecule has 1 fully saturated rings. The topological polar surface area (TPSA) is 47.9 Å². The van der Waals surface area contributed by atoms with E-state index in [9.17, 15) is 4.79 Å². The smallest absolute Gasteiger partial charge is 0.316 e. The monoisotopic (exact) mass is 311 g/mol. The van der Waals surface area contributed by atoms with E-state index in [1.807, 2.05) is 24.3 Å². The molecule has 0 saturated carbocycles. The quantitative estimate of drug-likeness (QED) is 0.804. The lowest BCUT2D eigenvalue weighted by Crippen LogP contribution is -2.23. The van der Waals surface area contributed by atoms with Gasteiger partial charge in [-0.25, -0.2) is 0 Å². The molecule has 1 atom stereocenters. The average molecular weight is 312 g/mol. The summed E-state index contributed by atoms with van der Waals surface area (Å²) in [5.74, 6) is -0.618. The van der Waals surface area contributed by atoms with Crippen LogP contribution in [0.2, 0.25) is 0 Å². The zero-order valence-electron chi connectivity index (χ0n) is 10.1. The lowest BCUT2D eigenvalue weighted by Gasteiger charge is -2.06. The Morgan fingerprint density at radius 1 is 1.50 bits per heavy atom. The van der Waals surface area contributed by atoms with Crippen LogP contribution in [0, 0.1) is 5.92 Å². The van der Waals surface area contributed by atoms with E-state index in [-0.39, 0.29) is 11.9 Å². The number of rotatable bonds is 3. The van der Waals surface area contributed by atoms with Crippen molar-refractivity contribution >= 4 is 27.6 Å². The fourth-order valence-electron chi connectivity index (χ4n) is 1.76. The van der Waals surface area contributed by atoms with Gasteiger partial charge in [0.25, 0.3) is 0 Å². The molecular formula is C13H14BrNO3. The minimum Gasteiger partial charge on any atom is -0.468 e. The van der Waals surface area contributed by atoms with Crippen LogP contribution in [0.1, 0.15) is 5.56 Å². The Hall–Kier alpha value is -1.20. The van der Waals surface area contributed by atoms with Gasteiger partial charge in [0, 0.05) is 4.47 Å². The first kappa shape index (κ1) is 13.2. The van der Waals surface area contributed by atoms with Crippen LogP contribution < -0.4 is 0 Å². The maximum atomic E-state index is 11.5. The van der Waals surface area contributed by atoms with Gasteiger partial charge < -0.3 is 9.47 Å². The third-order valence-corrected chi connectivity index (χ3v) is 3.33. The third-order valence-electron chi connectivity index (χ3n) is 2.80. The van der Waals surface area contributed by atoms with Gasteiger partial charge in [-0.2, -0.15) is 0 Å². The average Bonchev–Trinajstić information content (AvgIpc) is 2.85. The number of carbonyl (C=O) groups excluding carboxylic acids is 1. The first-order valence-electron chi connectivity index (χ1n) is 5.64. The van der Waals surface area contributed by atoms with Gasteiger partial charge in [-0.3, -0.25) is 9.79 Å². The van der Waals surface area contributed by atoms with Gasteiger partial charge in [-0.1, -0.05) is 28.1 Å². The van der Waals surface area contributed by atoms with Gasteiger partial charge in [0.1, 0.15) is 5.92 Å². The molecule has 96 valence electrons. The number of aliphatic imine (C=N–C) groups is 1. The van der Waals surface area contributed by atoms with Crippen molar-refractivity contribution in [2.24, 2.45) is 10.9 Å². The van der Waals surface area contributed by atoms with Gasteiger partial charge in [-0.15, -0.1) is 0 Å². The summed E-state index contributed by atoms with van der Waals surface area (Å²) in [5, 5.41) is 0. The van der Waals surface area contributed by atoms with Gasteiger partial charge >= 0.3 is 5.97 Å². The third kappa shape index (κ3) is 3.17. The lowest BCUT2D eigenvalue weighted by atomic mass is 10.1. The first-order chi connectivity index (χ1) is 8.70. The molecule has 1 aliphatic rings. The second kappa shape index (κ2) is 6.11. The Balaban J connectivity index is 2.04. The Kier molecular flexibility index (Phi) is 4.49. The molecule has 18 heavy (non-hydrogen) atoms. The van der Waals surface area contributed by atoms with Gasteiger partial charge in [0.15, 0.2) is 0 Å². The molecule has 2 rings (SSSR count). The predicted molar refractivity (Wildman–Crippen MR) is 71.6 cm³/mol. The summed E-state index contributed by atoms with van der Waals surface area (Å²) in [7, 11) is 1.38. The Labute approximate surface area is 114 Å². The molecule has 5 heteroatoms. The summed E-state index contributed by atoms with van der Waals surface area (Å²) >= 11 is 3.38. The second-order valence-corrected chi connectivity index (χ2v) is 4.94. The standard InChI is InChI=1S/C13H14BrNO3/c1-17-13(16)11-7-18-8-12(11)15-6-9-2-4-10(14)5-3-9/h2-5,11H,6-8H2,1H3. The molecule has 0 bridgehead atoms. The van der Waals surface area contributed by atoms with Crippen molar-refractivity contribution in [1.29, 1.82) is 0 Å². The van der Waals surface area contributed by atoms with E-state index >= 15 is 0 Å². The van der Waals surface area contributed by atoms with Crippen molar-refractivity contribution in [3.05, 3.63) is 34.3 Å². The highest BCUT2D eigenvalue weighted by Crippen LogP contribution is 2.15. The number of hydrogen-bond donors (Lipinski definition) is 0. The molecule has 0 spiro atoms. The van der Waals surface area contributed by atoms with Crippen LogP contribution in [0.3, 0.4) is 0 Å². The van der Waals surface area contributed by atoms with E-state index in [0.717, 1.165) is 15.7 Å². The van der Waals surface area contributed by atoms with Crippen LogP contribution >= 0.6 is 15.9 Å². The molecule has 0 N–H and O–H groups in total. The zero-order valence-corrected chi connectivity index (χ0v) is 11.6. The van der Waals surface area contributed by atoms with E-state index in [0.29, 0.717) is 19.8 Å². The van der Waals surface area contributed by atoms with Gasteiger partial charge in [-0.05, 0) is 17.7 Å². The second-order valence-electron chi connectivity index (χ2n) is 4.02. The molecular weight excluding hydrogens is 298 g/mol. The highest BCUT2D eigenvalue weighted by atomic mass is 79.9. The molecule has 1 aromatic rings. The van der Waals surface area contributed by atoms with Crippen LogP contribution in [0.4, 0.5) is 0 Å². The fourth-order valence-corrected chi connectivity index (χ4v) is 2.03. The van der Waals surface area contributed by atoms with E-state index in [4.69, 9.17) is 9.47 Å². The van der Waals surface area contributed by atoms with Gasteiger partial charge in [0.2, 0.25) is 0 Å². The number of hydrogen-bond acceptors (Lipinski definition) is 4. The molecule has 1 aliphatic heterocycles. The minimum absolute atomic E-state index is 0.276. The molecule has 0 amide bonds. The highest BCUT2D eigenvalue weighted by Gasteiger charge is 2.30. The number of nitrogens with zero attached hydrogens (tertiary/aromatic N) is 1. The summed E-state index contributed by atoms with van der Waals surface area (Å²) in [6, 6.07) is 7.94. The van der Waals surface area contributed by atoms with Gasteiger partial charge in [0.05, 0.1) is 32.6 Å². The number of ether oxygens (including phenoxy) is 2. The Bertz CT molecular complexity index is 456. The lowest BCUT2D eigenvalue weighted by molar-refractivity contribution is -0.143. The molecule has 1 heterocycles. The summed E-state index contributed by atoms with van der Waals surface area (Å²) in [6.45, 7) is 1.33. The van der Waals surface area contributed by atoms with Crippen LogP contribution in [-0.4, -0.2) is 32.0 Å². The molecule has 1 saturated heterocycles. The number of benzene rings is 1. The van der Waals surface area contributed by atoms with Crippen molar-refractivity contribution in [2.45, 2.75) is 6.54 Å². The minimum atomic E-state index is -0.342. The molecule has 0 aliphatic carbocycles. The maximum Gasteiger partial charge on any atom is 0.316 e. The highest BCUT2D eigenvalue weighted by molar-refractivity contribution is 9.10. The normalized spacial score (nSPS) is 21.2. The Morgan fingerprint density at radius 3 is 2.89 bits per heavy atom. The summed E-state index contributed by atoms with van der Waals surface area (Å²) in [6.07, 6.45) is 0. The van der Waals surface area contributed by atoms with Crippen molar-refractivity contribution in [2.75, 3.05) is 20.3 Å². The number of methoxy groups -OCH3 is 1. The fraction of sp³-hybridized carbons (Fsp3) is 0.385. The van der Waals surface area contributed by atoms with E-state index < -0.39 is 0 Å². The predicted octanol–water partition coefficient (Wildman–Crippen LogP) is 2.21. The molecule has 1 unspecified atom stereocenters. The maximum absolute atomic E-state index is 11.5. The van der Waals surface area contributed by atoms with E-state index in [1.54, 1.807) is 0 Å². The summed E-state index contributed by atoms with van der Waals surface area (Å²) < 4.78 is 11.0. The van der Waals surface area contributed by atoms with Crippen LogP contribution in [0.15, 0.2) is 33.7 Å². The number of halogens is 1. The van der Waals surface area contributed by atoms with Crippen molar-refractivity contribution in [3.8, 4) is 0 Å². The molecule has 4 nitrogen and oxygen atoms in total. The van der Waals surface area contributed by atoms with Crippen molar-refractivity contribution in [3.63, 3.8) is 0 Å². The first-order valence-corrected chi connectivity index (χ1v) is 6.43. The van der Waals surface area contributed by atoms with E-state index in [2.05, 4.69) is 20.9 Å². The summed E-state index contributed by atoms with van der Waals surface area (Å²) in [4.78, 5) is 15.9. The molecule has 0 aromatic heterocycles. The SMILES string of the molecule is COC(=O)C1COCC1=NCc1ccc(Br)cc1. The van der Waals surface area contributed by atoms with Crippen molar-refractivity contribution < 1.29 is 14.3 Å².